The van der Waals surface area contributed by atoms with Gasteiger partial charge < -0.3 is 9.84 Å². The Hall–Kier alpha value is -3.17. The number of aliphatic carboxylic acids is 1. The number of halogens is 1. The molecule has 1 fully saturated rings. The first-order valence-corrected chi connectivity index (χ1v) is 13.8. The van der Waals surface area contributed by atoms with Gasteiger partial charge in [0.15, 0.2) is 0 Å². The van der Waals surface area contributed by atoms with Crippen LogP contribution in [0, 0.1) is 0 Å². The van der Waals surface area contributed by atoms with E-state index in [1.165, 1.54) is 6.07 Å². The molecule has 1 aliphatic carbocycles. The first kappa shape index (κ1) is 24.5. The van der Waals surface area contributed by atoms with Crippen molar-refractivity contribution in [1.82, 2.24) is 4.72 Å². The van der Waals surface area contributed by atoms with Gasteiger partial charge in [0.25, 0.3) is 10.0 Å². The van der Waals surface area contributed by atoms with Crippen molar-refractivity contribution < 1.29 is 23.1 Å². The smallest absolute Gasteiger partial charge is 0.325 e. The second-order valence-electron chi connectivity index (χ2n) is 8.61. The number of ether oxygens (including phenoxy) is 1. The van der Waals surface area contributed by atoms with Crippen LogP contribution in [0.5, 0.6) is 5.75 Å². The highest BCUT2D eigenvalue weighted by atomic mass is 35.5. The van der Waals surface area contributed by atoms with Crippen molar-refractivity contribution in [2.45, 2.75) is 28.7 Å². The molecule has 0 saturated heterocycles. The first-order chi connectivity index (χ1) is 17.3. The van der Waals surface area contributed by atoms with Gasteiger partial charge in [0.2, 0.25) is 0 Å². The zero-order valence-corrected chi connectivity index (χ0v) is 21.3. The fraction of sp³-hybridized carbons (Fsp3) is 0.148. The molecule has 2 N–H and O–H groups in total. The fourth-order valence-electron chi connectivity index (χ4n) is 4.12. The van der Waals surface area contributed by atoms with Gasteiger partial charge >= 0.3 is 5.97 Å². The van der Waals surface area contributed by atoms with Crippen molar-refractivity contribution >= 4 is 38.9 Å². The molecule has 0 radical (unpaired) electrons. The monoisotopic (exact) mass is 539 g/mol. The molecule has 184 valence electrons. The van der Waals surface area contributed by atoms with Crippen molar-refractivity contribution in [3.63, 3.8) is 0 Å². The van der Waals surface area contributed by atoms with E-state index in [-0.39, 0.29) is 10.6 Å². The van der Waals surface area contributed by atoms with Gasteiger partial charge in [0.05, 0.1) is 0 Å². The first-order valence-electron chi connectivity index (χ1n) is 11.2. The standard InChI is InChI=1S/C27H22ClNO5S2/c28-21-10-6-20(7-11-21)24-14-15-25(35-24)36(32,33)29-27(26(30)31)16-23(27)19-8-12-22(13-9-19)34-17-18-4-2-1-3-5-18/h1-15,23,29H,16-17H2,(H,30,31)/t23-,27?/m0/s1. The lowest BCUT2D eigenvalue weighted by atomic mass is 10.1. The number of rotatable bonds is 9. The molecule has 1 unspecified atom stereocenters. The molecule has 1 saturated carbocycles. The van der Waals surface area contributed by atoms with Gasteiger partial charge in [-0.2, -0.15) is 4.72 Å². The second kappa shape index (κ2) is 9.71. The largest absolute Gasteiger partial charge is 0.489 e. The van der Waals surface area contributed by atoms with Crippen LogP contribution in [0.25, 0.3) is 10.4 Å². The Bertz CT molecular complexity index is 1490. The van der Waals surface area contributed by atoms with Gasteiger partial charge in [0.1, 0.15) is 22.1 Å². The van der Waals surface area contributed by atoms with Crippen LogP contribution in [0.4, 0.5) is 0 Å². The molecular weight excluding hydrogens is 518 g/mol. The maximum Gasteiger partial charge on any atom is 0.325 e. The molecule has 4 aromatic rings. The van der Waals surface area contributed by atoms with E-state index in [1.807, 2.05) is 30.3 Å². The minimum atomic E-state index is -4.05. The normalized spacial score (nSPS) is 19.1. The number of hydrogen-bond donors (Lipinski definition) is 2. The number of carboxylic acid groups (broad SMARTS) is 1. The molecule has 9 heteroatoms. The summed E-state index contributed by atoms with van der Waals surface area (Å²) in [5, 5.41) is 10.5. The summed E-state index contributed by atoms with van der Waals surface area (Å²) in [7, 11) is -4.05. The van der Waals surface area contributed by atoms with Gasteiger partial charge in [0, 0.05) is 15.8 Å². The molecule has 1 heterocycles. The Morgan fingerprint density at radius 3 is 2.36 bits per heavy atom. The average Bonchev–Trinajstić information content (AvgIpc) is 3.36. The lowest BCUT2D eigenvalue weighted by molar-refractivity contribution is -0.140. The van der Waals surface area contributed by atoms with Crippen molar-refractivity contribution in [2.75, 3.05) is 0 Å². The summed E-state index contributed by atoms with van der Waals surface area (Å²) in [5.74, 6) is -1.03. The quantitative estimate of drug-likeness (QED) is 0.275. The van der Waals surface area contributed by atoms with Crippen molar-refractivity contribution in [3.05, 3.63) is 107 Å². The van der Waals surface area contributed by atoms with Crippen molar-refractivity contribution in [3.8, 4) is 16.2 Å². The van der Waals surface area contributed by atoms with E-state index < -0.39 is 27.4 Å². The molecule has 0 spiro atoms. The molecule has 36 heavy (non-hydrogen) atoms. The molecule has 3 aromatic carbocycles. The fourth-order valence-corrected chi connectivity index (χ4v) is 6.96. The predicted molar refractivity (Wildman–Crippen MR) is 140 cm³/mol. The van der Waals surface area contributed by atoms with Crippen molar-refractivity contribution in [2.24, 2.45) is 0 Å². The van der Waals surface area contributed by atoms with Gasteiger partial charge in [-0.3, -0.25) is 4.79 Å². The lowest BCUT2D eigenvalue weighted by Crippen LogP contribution is -2.44. The minimum Gasteiger partial charge on any atom is -0.489 e. The number of sulfonamides is 1. The summed E-state index contributed by atoms with van der Waals surface area (Å²) < 4.78 is 34.6. The molecule has 6 nitrogen and oxygen atoms in total. The number of hydrogen-bond acceptors (Lipinski definition) is 5. The molecule has 0 bridgehead atoms. The molecule has 0 amide bonds. The maximum absolute atomic E-state index is 13.1. The summed E-state index contributed by atoms with van der Waals surface area (Å²) in [6.07, 6.45) is 0.168. The number of carbonyl (C=O) groups is 1. The van der Waals surface area contributed by atoms with E-state index in [1.54, 1.807) is 54.6 Å². The Labute approximate surface area is 218 Å². The number of nitrogens with one attached hydrogen (secondary N) is 1. The summed E-state index contributed by atoms with van der Waals surface area (Å²) in [6, 6.07) is 27.1. The topological polar surface area (TPSA) is 92.7 Å². The van der Waals surface area contributed by atoms with Crippen molar-refractivity contribution in [1.29, 1.82) is 0 Å². The highest BCUT2D eigenvalue weighted by Gasteiger charge is 2.63. The highest BCUT2D eigenvalue weighted by molar-refractivity contribution is 7.91. The molecule has 5 rings (SSSR count). The molecule has 1 aliphatic rings. The maximum atomic E-state index is 13.1. The predicted octanol–water partition coefficient (Wildman–Crippen LogP) is 5.94. The van der Waals surface area contributed by atoms with Crippen LogP contribution >= 0.6 is 22.9 Å². The van der Waals surface area contributed by atoms with E-state index in [2.05, 4.69) is 4.72 Å². The number of thiophene rings is 1. The van der Waals surface area contributed by atoms with E-state index in [0.29, 0.717) is 17.4 Å². The van der Waals surface area contributed by atoms with Crippen LogP contribution < -0.4 is 9.46 Å². The summed E-state index contributed by atoms with van der Waals surface area (Å²) in [4.78, 5) is 12.9. The van der Waals surface area contributed by atoms with E-state index >= 15 is 0 Å². The van der Waals surface area contributed by atoms with Crippen LogP contribution in [0.15, 0.2) is 95.2 Å². The van der Waals surface area contributed by atoms with Gasteiger partial charge in [-0.15, -0.1) is 11.3 Å². The third kappa shape index (κ3) is 5.03. The Balaban J connectivity index is 1.29. The third-order valence-electron chi connectivity index (χ3n) is 6.16. The third-order valence-corrected chi connectivity index (χ3v) is 9.55. The Morgan fingerprint density at radius 1 is 1.00 bits per heavy atom. The lowest BCUT2D eigenvalue weighted by Gasteiger charge is -2.15. The van der Waals surface area contributed by atoms with E-state index in [0.717, 1.165) is 32.9 Å². The molecule has 1 aromatic heterocycles. The summed E-state index contributed by atoms with van der Waals surface area (Å²) in [5.41, 5.74) is 1.02. The van der Waals surface area contributed by atoms with Crippen LogP contribution in [0.3, 0.4) is 0 Å². The van der Waals surface area contributed by atoms with Crippen LogP contribution in [-0.4, -0.2) is 25.0 Å². The summed E-state index contributed by atoms with van der Waals surface area (Å²) in [6.45, 7) is 0.418. The van der Waals surface area contributed by atoms with Gasteiger partial charge in [-0.05, 0) is 59.5 Å². The zero-order chi connectivity index (χ0) is 25.3. The highest BCUT2D eigenvalue weighted by Crippen LogP contribution is 2.53. The molecular formula is C27H22ClNO5S2. The number of benzene rings is 3. The Morgan fingerprint density at radius 2 is 1.69 bits per heavy atom. The van der Waals surface area contributed by atoms with Gasteiger partial charge in [-0.1, -0.05) is 66.2 Å². The zero-order valence-electron chi connectivity index (χ0n) is 18.9. The minimum absolute atomic E-state index is 0.0587. The SMILES string of the molecule is O=C(O)C1(NS(=O)(=O)c2ccc(-c3ccc(Cl)cc3)s2)C[C@H]1c1ccc(OCc2ccccc2)cc1. The number of carboxylic acids is 1. The van der Waals surface area contributed by atoms with E-state index in [9.17, 15) is 18.3 Å². The van der Waals surface area contributed by atoms with Crippen LogP contribution in [-0.2, 0) is 21.4 Å². The van der Waals surface area contributed by atoms with Crippen LogP contribution in [0.2, 0.25) is 5.02 Å². The second-order valence-corrected chi connectivity index (χ2v) is 12.0. The van der Waals surface area contributed by atoms with Crippen LogP contribution in [0.1, 0.15) is 23.5 Å². The Kier molecular flexibility index (Phi) is 6.61. The summed E-state index contributed by atoms with van der Waals surface area (Å²) >= 11 is 7.01. The molecule has 2 atom stereocenters. The molecule has 0 aliphatic heterocycles. The van der Waals surface area contributed by atoms with E-state index in [4.69, 9.17) is 16.3 Å². The average molecular weight is 540 g/mol. The van der Waals surface area contributed by atoms with Gasteiger partial charge in [-0.25, -0.2) is 8.42 Å².